The van der Waals surface area contributed by atoms with Crippen molar-refractivity contribution in [2.24, 2.45) is 0 Å². The van der Waals surface area contributed by atoms with Crippen LogP contribution in [0.2, 0.25) is 0 Å². The minimum atomic E-state index is -0.856. The van der Waals surface area contributed by atoms with E-state index in [1.54, 1.807) is 19.9 Å². The number of aliphatic hydroxyl groups excluding tert-OH is 1. The Hall–Kier alpha value is -3.50. The van der Waals surface area contributed by atoms with Crippen molar-refractivity contribution >= 4 is 35.1 Å². The number of aromatic amines is 1. The van der Waals surface area contributed by atoms with Gasteiger partial charge in [0.2, 0.25) is 0 Å². The summed E-state index contributed by atoms with van der Waals surface area (Å²) in [6.45, 7) is 3.18. The molecule has 1 aromatic heterocycles. The number of β-amino-alcohol motifs (C(OH)–C–C–N with tert-alkyl or cyclic N) is 1. The normalized spacial score (nSPS) is 19.2. The molecule has 0 unspecified atom stereocenters. The van der Waals surface area contributed by atoms with E-state index in [1.807, 2.05) is 0 Å². The smallest absolute Gasteiger partial charge is 0.271 e. The number of halogens is 1. The highest BCUT2D eigenvalue weighted by Gasteiger charge is 2.35. The van der Waals surface area contributed by atoms with Crippen LogP contribution >= 0.6 is 0 Å². The molecule has 1 atom stereocenters. The Kier molecular flexibility index (Phi) is 5.34. The number of anilines is 1. The van der Waals surface area contributed by atoms with Gasteiger partial charge in [-0.3, -0.25) is 19.2 Å². The van der Waals surface area contributed by atoms with Gasteiger partial charge in [0.15, 0.2) is 0 Å². The Morgan fingerprint density at radius 3 is 2.90 bits per heavy atom. The maximum absolute atomic E-state index is 13.7. The summed E-state index contributed by atoms with van der Waals surface area (Å²) < 4.78 is 13.7. The molecule has 4 rings (SSSR count). The van der Waals surface area contributed by atoms with E-state index in [2.05, 4.69) is 15.6 Å². The van der Waals surface area contributed by atoms with Gasteiger partial charge in [0.1, 0.15) is 18.5 Å². The van der Waals surface area contributed by atoms with Crippen LogP contribution < -0.4 is 10.6 Å². The van der Waals surface area contributed by atoms with E-state index in [0.29, 0.717) is 33.8 Å². The molecule has 1 saturated heterocycles. The average Bonchev–Trinajstić information content (AvgIpc) is 3.31. The number of hydrogen-bond acceptors (Lipinski definition) is 5. The van der Waals surface area contributed by atoms with Crippen LogP contribution in [0.5, 0.6) is 0 Å². The van der Waals surface area contributed by atoms with Crippen LogP contribution in [0, 0.1) is 19.7 Å². The van der Waals surface area contributed by atoms with Gasteiger partial charge in [0.25, 0.3) is 17.7 Å². The molecule has 1 aromatic carbocycles. The summed E-state index contributed by atoms with van der Waals surface area (Å²) in [7, 11) is 0. The maximum atomic E-state index is 13.7. The molecule has 9 nitrogen and oxygen atoms in total. The maximum Gasteiger partial charge on any atom is 0.271 e. The number of aliphatic hydroxyl groups is 1. The second-order valence-electron chi connectivity index (χ2n) is 7.35. The molecule has 1 fully saturated rings. The number of nitrogens with one attached hydrogen (secondary N) is 3. The number of carbonyl (C=O) groups is 3. The summed E-state index contributed by atoms with van der Waals surface area (Å²) in [4.78, 5) is 45.7. The van der Waals surface area contributed by atoms with Crippen LogP contribution in [-0.4, -0.2) is 58.7 Å². The van der Waals surface area contributed by atoms with Gasteiger partial charge in [0, 0.05) is 22.6 Å². The highest BCUT2D eigenvalue weighted by atomic mass is 19.1. The van der Waals surface area contributed by atoms with Crippen LogP contribution in [0.25, 0.3) is 11.6 Å². The van der Waals surface area contributed by atoms with Gasteiger partial charge < -0.3 is 20.7 Å². The first-order valence-electron chi connectivity index (χ1n) is 9.68. The third kappa shape index (κ3) is 3.71. The quantitative estimate of drug-likeness (QED) is 0.532. The second-order valence-corrected chi connectivity index (χ2v) is 7.35. The summed E-state index contributed by atoms with van der Waals surface area (Å²) >= 11 is 0. The molecule has 0 saturated carbocycles. The minimum Gasteiger partial charge on any atom is -0.394 e. The van der Waals surface area contributed by atoms with Gasteiger partial charge in [-0.15, -0.1) is 0 Å². The predicted octanol–water partition coefficient (Wildman–Crippen LogP) is 1.13. The molecular formula is C21H21FN4O5. The molecule has 2 aliphatic rings. The molecule has 3 heterocycles. The Bertz CT molecular complexity index is 1120. The zero-order chi connectivity index (χ0) is 22.3. The SMILES string of the molecule is Cc1[nH]c(C=C2C(=O)Nc3ccc(F)cc32)c(C)c1C(=O)N[C@@H]1CON(CCO)C1=O. The van der Waals surface area contributed by atoms with E-state index < -0.39 is 23.7 Å². The third-order valence-electron chi connectivity index (χ3n) is 5.31. The number of aryl methyl sites for hydroxylation is 1. The average molecular weight is 428 g/mol. The fourth-order valence-electron chi connectivity index (χ4n) is 3.78. The number of carbonyl (C=O) groups excluding carboxylic acids is 3. The van der Waals surface area contributed by atoms with Crippen LogP contribution in [0.15, 0.2) is 18.2 Å². The van der Waals surface area contributed by atoms with Crippen molar-refractivity contribution in [3.8, 4) is 0 Å². The number of benzene rings is 1. The summed E-state index contributed by atoms with van der Waals surface area (Å²) in [5.74, 6) is -1.72. The van der Waals surface area contributed by atoms with Crippen molar-refractivity contribution in [1.29, 1.82) is 0 Å². The first-order valence-corrected chi connectivity index (χ1v) is 9.68. The van der Waals surface area contributed by atoms with E-state index in [0.717, 1.165) is 5.06 Å². The van der Waals surface area contributed by atoms with Gasteiger partial charge >= 0.3 is 0 Å². The molecule has 10 heteroatoms. The van der Waals surface area contributed by atoms with Gasteiger partial charge in [-0.2, -0.15) is 0 Å². The minimum absolute atomic E-state index is 0.0213. The van der Waals surface area contributed by atoms with Crippen molar-refractivity contribution in [3.63, 3.8) is 0 Å². The molecule has 0 aliphatic carbocycles. The number of amides is 3. The highest BCUT2D eigenvalue weighted by Crippen LogP contribution is 2.34. The van der Waals surface area contributed by atoms with E-state index >= 15 is 0 Å². The zero-order valence-corrected chi connectivity index (χ0v) is 16.9. The van der Waals surface area contributed by atoms with Gasteiger partial charge in [-0.25, -0.2) is 9.45 Å². The molecule has 162 valence electrons. The molecule has 3 amide bonds. The van der Waals surface area contributed by atoms with Crippen molar-refractivity contribution in [2.45, 2.75) is 19.9 Å². The topological polar surface area (TPSA) is 124 Å². The first-order chi connectivity index (χ1) is 14.8. The number of rotatable bonds is 5. The lowest BCUT2D eigenvalue weighted by molar-refractivity contribution is -0.163. The lowest BCUT2D eigenvalue weighted by Gasteiger charge is -2.13. The first kappa shape index (κ1) is 20.8. The number of hydrogen-bond donors (Lipinski definition) is 4. The molecule has 2 aliphatic heterocycles. The number of H-pyrrole nitrogens is 1. The van der Waals surface area contributed by atoms with Crippen LogP contribution in [0.3, 0.4) is 0 Å². The zero-order valence-electron chi connectivity index (χ0n) is 16.9. The molecule has 2 aromatic rings. The van der Waals surface area contributed by atoms with Gasteiger partial charge in [0.05, 0.1) is 24.3 Å². The Balaban J connectivity index is 1.60. The highest BCUT2D eigenvalue weighted by molar-refractivity contribution is 6.34. The number of nitrogens with zero attached hydrogens (tertiary/aromatic N) is 1. The third-order valence-corrected chi connectivity index (χ3v) is 5.31. The Labute approximate surface area is 176 Å². The largest absolute Gasteiger partial charge is 0.394 e. The molecule has 0 radical (unpaired) electrons. The lowest BCUT2D eigenvalue weighted by atomic mass is 10.0. The standard InChI is InChI=1S/C21H21FN4O5/c1-10-16(8-14-13-7-12(22)3-4-15(13)24-19(14)28)23-11(2)18(10)20(29)25-17-9-31-26(5-6-27)21(17)30/h3-4,7-8,17,23,27H,5-6,9H2,1-2H3,(H,24,28)(H,25,29)/t17-/m1/s1. The Morgan fingerprint density at radius 2 is 2.16 bits per heavy atom. The van der Waals surface area contributed by atoms with Crippen molar-refractivity contribution in [2.75, 3.05) is 25.1 Å². The Morgan fingerprint density at radius 1 is 1.39 bits per heavy atom. The van der Waals surface area contributed by atoms with Crippen molar-refractivity contribution in [3.05, 3.63) is 52.1 Å². The predicted molar refractivity (Wildman–Crippen MR) is 109 cm³/mol. The van der Waals surface area contributed by atoms with Crippen LogP contribution in [0.1, 0.15) is 32.9 Å². The van der Waals surface area contributed by atoms with E-state index in [-0.39, 0.29) is 31.2 Å². The van der Waals surface area contributed by atoms with E-state index in [9.17, 15) is 18.8 Å². The van der Waals surface area contributed by atoms with Gasteiger partial charge in [-0.05, 0) is 43.7 Å². The molecule has 0 bridgehead atoms. The molecule has 31 heavy (non-hydrogen) atoms. The number of hydroxylamine groups is 2. The van der Waals surface area contributed by atoms with Crippen molar-refractivity contribution in [1.82, 2.24) is 15.4 Å². The van der Waals surface area contributed by atoms with Crippen molar-refractivity contribution < 1.29 is 28.7 Å². The van der Waals surface area contributed by atoms with Crippen LogP contribution in [-0.2, 0) is 14.4 Å². The molecular weight excluding hydrogens is 407 g/mol. The fourth-order valence-corrected chi connectivity index (χ4v) is 3.78. The molecule has 4 N–H and O–H groups in total. The monoisotopic (exact) mass is 428 g/mol. The summed E-state index contributed by atoms with van der Waals surface area (Å²) in [5, 5.41) is 15.3. The van der Waals surface area contributed by atoms with Crippen LogP contribution in [0.4, 0.5) is 10.1 Å². The van der Waals surface area contributed by atoms with E-state index in [4.69, 9.17) is 9.94 Å². The summed E-state index contributed by atoms with van der Waals surface area (Å²) in [6.07, 6.45) is 1.58. The lowest BCUT2D eigenvalue weighted by Crippen LogP contribution is -2.43. The number of fused-ring (bicyclic) bond motifs is 1. The second kappa shape index (κ2) is 7.97. The summed E-state index contributed by atoms with van der Waals surface area (Å²) in [6, 6.07) is 3.19. The van der Waals surface area contributed by atoms with E-state index in [1.165, 1.54) is 18.2 Å². The molecule has 0 spiro atoms. The van der Waals surface area contributed by atoms with Gasteiger partial charge in [-0.1, -0.05) is 0 Å². The number of aromatic nitrogens is 1. The fraction of sp³-hybridized carbons (Fsp3) is 0.286. The summed E-state index contributed by atoms with van der Waals surface area (Å²) in [5.41, 5.74) is 3.25.